The Balaban J connectivity index is 0.00000136. The quantitative estimate of drug-likeness (QED) is 0.165. The number of rotatable bonds is 4. The number of hydrogen-bond acceptors (Lipinski definition) is 12. The molecule has 1 aliphatic carbocycles. The maximum Gasteiger partial charge on any atom is 0.425 e. The van der Waals surface area contributed by atoms with Gasteiger partial charge in [0.2, 0.25) is 5.91 Å². The molecule has 7 rings (SSSR count). The largest absolute Gasteiger partial charge is 0.496 e. The van der Waals surface area contributed by atoms with Crippen molar-refractivity contribution in [2.24, 2.45) is 5.92 Å². The number of aromatic nitrogens is 1. The van der Waals surface area contributed by atoms with E-state index in [1.807, 2.05) is 27.6 Å². The van der Waals surface area contributed by atoms with Crippen LogP contribution in [0.25, 0.3) is 10.8 Å². The van der Waals surface area contributed by atoms with Gasteiger partial charge in [-0.05, 0) is 113 Å². The van der Waals surface area contributed by atoms with Gasteiger partial charge in [0.25, 0.3) is 0 Å². The van der Waals surface area contributed by atoms with E-state index >= 15 is 8.78 Å². The van der Waals surface area contributed by atoms with Crippen molar-refractivity contribution in [2.45, 2.75) is 119 Å². The summed E-state index contributed by atoms with van der Waals surface area (Å²) in [6.45, 7) is 21.5. The topological polar surface area (TPSA) is 186 Å². The fraction of sp³-hybridized carbons (Fsp3) is 0.469. The molecule has 1 fully saturated rings. The SMILES string of the molecule is C=O.CC.CC1CC1.CO.COc1cc2c(F)cc1C(C)COC(=O)Nc1ccc(C)c(c1)CN(C)C(=O)[C@@H]2Nc1cc2ccnc(N(C(=O)OC(C)(C)C)C(=O)OC(C)(C)C)c2cc1F. The third kappa shape index (κ3) is 15.7. The van der Waals surface area contributed by atoms with E-state index in [0.29, 0.717) is 27.1 Å². The summed E-state index contributed by atoms with van der Waals surface area (Å²) in [4.78, 5) is 68.2. The predicted octanol–water partition coefficient (Wildman–Crippen LogP) is 10.9. The molecule has 15 nitrogen and oxygen atoms in total. The number of nitrogens with one attached hydrogen (secondary N) is 2. The molecule has 4 aromatic rings. The minimum atomic E-state index is -1.49. The number of imide groups is 1. The van der Waals surface area contributed by atoms with E-state index in [4.69, 9.17) is 28.8 Å². The predicted molar refractivity (Wildman–Crippen MR) is 252 cm³/mol. The number of carbonyl (C=O) groups excluding carboxylic acids is 5. The fourth-order valence-corrected chi connectivity index (χ4v) is 6.21. The number of anilines is 3. The lowest BCUT2D eigenvalue weighted by molar-refractivity contribution is -0.131. The zero-order valence-corrected chi connectivity index (χ0v) is 40.7. The lowest BCUT2D eigenvalue weighted by atomic mass is 9.95. The van der Waals surface area contributed by atoms with Crippen LogP contribution < -0.4 is 20.3 Å². The van der Waals surface area contributed by atoms with E-state index < -0.39 is 59.0 Å². The number of benzene rings is 3. The second-order valence-corrected chi connectivity index (χ2v) is 17.3. The number of hydrogen-bond donors (Lipinski definition) is 3. The lowest BCUT2D eigenvalue weighted by Gasteiger charge is -2.29. The van der Waals surface area contributed by atoms with Crippen molar-refractivity contribution in [3.63, 3.8) is 0 Å². The molecule has 0 saturated heterocycles. The number of likely N-dealkylation sites (N-methyl/N-ethyl adjacent to an activating group) is 1. The first-order chi connectivity index (χ1) is 31.0. The van der Waals surface area contributed by atoms with Crippen LogP contribution in [0.4, 0.5) is 40.4 Å². The van der Waals surface area contributed by atoms with Gasteiger partial charge in [0.05, 0.1) is 19.4 Å². The summed E-state index contributed by atoms with van der Waals surface area (Å²) in [5, 5.41) is 13.0. The third-order valence-corrected chi connectivity index (χ3v) is 9.64. The Hall–Kier alpha value is -6.36. The summed E-state index contributed by atoms with van der Waals surface area (Å²) in [7, 11) is 3.91. The molecule has 3 aliphatic rings. The van der Waals surface area contributed by atoms with Gasteiger partial charge in [-0.25, -0.2) is 28.1 Å². The van der Waals surface area contributed by atoms with Crippen LogP contribution in [0.1, 0.15) is 116 Å². The second kappa shape index (κ2) is 24.8. The molecule has 17 heteroatoms. The fourth-order valence-electron chi connectivity index (χ4n) is 6.21. The smallest absolute Gasteiger partial charge is 0.425 e. The molecular formula is C49H67F2N5O10. The van der Waals surface area contributed by atoms with Crippen LogP contribution in [0, 0.1) is 24.5 Å². The number of carbonyl (C=O) groups is 5. The number of aliphatic hydroxyl groups excluding tert-OH is 1. The van der Waals surface area contributed by atoms with E-state index in [0.717, 1.165) is 24.7 Å². The summed E-state index contributed by atoms with van der Waals surface area (Å²) in [6.07, 6.45) is 1.41. The Morgan fingerprint density at radius 3 is 2.02 bits per heavy atom. The third-order valence-electron chi connectivity index (χ3n) is 9.64. The van der Waals surface area contributed by atoms with Gasteiger partial charge in [-0.1, -0.05) is 46.6 Å². The van der Waals surface area contributed by atoms with Crippen LogP contribution in [0.3, 0.4) is 0 Å². The minimum absolute atomic E-state index is 0.0433. The molecule has 1 aromatic heterocycles. The molecule has 4 amide bonds. The normalized spacial score (nSPS) is 15.9. The van der Waals surface area contributed by atoms with Gasteiger partial charge >= 0.3 is 18.3 Å². The maximum absolute atomic E-state index is 16.4. The Bertz CT molecular complexity index is 2260. The minimum Gasteiger partial charge on any atom is -0.496 e. The van der Waals surface area contributed by atoms with E-state index in [9.17, 15) is 19.2 Å². The van der Waals surface area contributed by atoms with Crippen LogP contribution in [-0.4, -0.2) is 85.0 Å². The van der Waals surface area contributed by atoms with Gasteiger partial charge in [0.1, 0.15) is 41.4 Å². The number of amides is 4. The van der Waals surface area contributed by atoms with Crippen LogP contribution in [0.2, 0.25) is 0 Å². The Morgan fingerprint density at radius 1 is 0.909 bits per heavy atom. The summed E-state index contributed by atoms with van der Waals surface area (Å²) in [5.41, 5.74) is -0.0192. The van der Waals surface area contributed by atoms with Gasteiger partial charge in [-0.15, -0.1) is 0 Å². The molecule has 2 aliphatic heterocycles. The first-order valence-electron chi connectivity index (χ1n) is 21.5. The van der Waals surface area contributed by atoms with Gasteiger partial charge in [-0.3, -0.25) is 10.1 Å². The van der Waals surface area contributed by atoms with Crippen LogP contribution in [-0.2, 0) is 30.3 Å². The Kier molecular flexibility index (Phi) is 21.0. The molecule has 2 atom stereocenters. The number of aryl methyl sites for hydroxylation is 1. The van der Waals surface area contributed by atoms with Crippen molar-refractivity contribution in [2.75, 3.05) is 43.4 Å². The van der Waals surface area contributed by atoms with E-state index in [2.05, 4.69) is 22.5 Å². The monoisotopic (exact) mass is 923 g/mol. The molecular weight excluding hydrogens is 857 g/mol. The van der Waals surface area contributed by atoms with Gasteiger partial charge in [0.15, 0.2) is 5.82 Å². The summed E-state index contributed by atoms with van der Waals surface area (Å²) in [5.74, 6) is -1.79. The van der Waals surface area contributed by atoms with Crippen molar-refractivity contribution in [1.82, 2.24) is 9.88 Å². The molecule has 4 bridgehead atoms. The Labute approximate surface area is 387 Å². The average molecular weight is 924 g/mol. The van der Waals surface area contributed by atoms with E-state index in [1.54, 1.807) is 66.7 Å². The van der Waals surface area contributed by atoms with Crippen molar-refractivity contribution in [3.05, 3.63) is 88.6 Å². The molecule has 3 N–H and O–H groups in total. The van der Waals surface area contributed by atoms with Crippen molar-refractivity contribution >= 4 is 58.9 Å². The highest BCUT2D eigenvalue weighted by molar-refractivity contribution is 6.14. The van der Waals surface area contributed by atoms with Crippen LogP contribution >= 0.6 is 0 Å². The molecule has 3 heterocycles. The number of fused-ring (bicyclic) bond motifs is 10. The number of pyridine rings is 1. The number of nitrogens with zero attached hydrogens (tertiary/aromatic N) is 3. The van der Waals surface area contributed by atoms with Crippen molar-refractivity contribution < 1.29 is 56.8 Å². The molecule has 0 radical (unpaired) electrons. The van der Waals surface area contributed by atoms with E-state index in [1.165, 1.54) is 62.4 Å². The zero-order chi connectivity index (χ0) is 50.3. The highest BCUT2D eigenvalue weighted by Crippen LogP contribution is 2.37. The van der Waals surface area contributed by atoms with Crippen LogP contribution in [0.15, 0.2) is 54.7 Å². The molecule has 3 aromatic carbocycles. The average Bonchev–Trinajstić information content (AvgIpc) is 4.05. The molecule has 362 valence electrons. The van der Waals surface area contributed by atoms with Gasteiger partial charge < -0.3 is 39.1 Å². The number of aliphatic hydroxyl groups is 1. The number of methoxy groups -OCH3 is 1. The number of halogens is 2. The lowest BCUT2D eigenvalue weighted by Crippen LogP contribution is -2.44. The highest BCUT2D eigenvalue weighted by Gasteiger charge is 2.36. The van der Waals surface area contributed by atoms with Crippen LogP contribution in [0.5, 0.6) is 5.75 Å². The van der Waals surface area contributed by atoms with Crippen molar-refractivity contribution in [1.29, 1.82) is 0 Å². The van der Waals surface area contributed by atoms with Gasteiger partial charge in [-0.2, -0.15) is 4.90 Å². The van der Waals surface area contributed by atoms with E-state index in [-0.39, 0.29) is 41.4 Å². The molecule has 1 saturated carbocycles. The summed E-state index contributed by atoms with van der Waals surface area (Å²) >= 11 is 0. The van der Waals surface area contributed by atoms with Gasteiger partial charge in [0, 0.05) is 55.0 Å². The summed E-state index contributed by atoms with van der Waals surface area (Å²) in [6, 6.07) is 10.2. The summed E-state index contributed by atoms with van der Waals surface area (Å²) < 4.78 is 54.8. The zero-order valence-electron chi connectivity index (χ0n) is 40.7. The molecule has 0 spiro atoms. The second-order valence-electron chi connectivity index (χ2n) is 17.3. The number of ether oxygens (including phenoxy) is 4. The molecule has 1 unspecified atom stereocenters. The highest BCUT2D eigenvalue weighted by atomic mass is 19.1. The molecule has 66 heavy (non-hydrogen) atoms. The first-order valence-corrected chi connectivity index (χ1v) is 21.5. The standard InChI is InChI=1S/C41H47F2N5O8.C4H8.C2H6.CH4O.CH2O/c1-22-11-12-26-15-25(22)20-47(9)36(49)34(29-19-33(53-10)27(17-30(29)42)23(2)21-54-37(50)45-26)46-32-16-24-13-14-44-35(28(24)18-31(32)43)48(38(51)55-40(3,4)5)39(52)56-41(6,7)8;1-4-2-3-4;3*1-2/h11-19,23,34,46H,20-21H2,1-10H3,(H,45,50);4H,2-3H2,1H3;1-2H3;2H,1H3;1H2/t23?,34-;;;;/m1..../s1. The Morgan fingerprint density at radius 2 is 1.48 bits per heavy atom. The van der Waals surface area contributed by atoms with Crippen molar-refractivity contribution in [3.8, 4) is 5.75 Å². The maximum atomic E-state index is 16.4. The first kappa shape index (κ1) is 55.8.